The number of aromatic nitrogens is 2. The molecule has 2 nitrogen and oxygen atoms in total. The molecule has 0 aliphatic rings. The summed E-state index contributed by atoms with van der Waals surface area (Å²) in [5.41, 5.74) is 4.24. The summed E-state index contributed by atoms with van der Waals surface area (Å²) in [6, 6.07) is 33.1. The molecule has 6 rings (SSSR count). The van der Waals surface area contributed by atoms with Gasteiger partial charge in [-0.3, -0.25) is 0 Å². The van der Waals surface area contributed by atoms with E-state index in [-0.39, 0.29) is 20.1 Å². The van der Waals surface area contributed by atoms with Gasteiger partial charge in [-0.05, 0) is 47.2 Å². The zero-order valence-electron chi connectivity index (χ0n) is 16.4. The molecular weight excluding hydrogens is 597 g/mol. The zero-order valence-corrected chi connectivity index (χ0v) is 20.5. The predicted octanol–water partition coefficient (Wildman–Crippen LogP) is 7.92. The average Bonchev–Trinajstić information content (AvgIpc) is 3.54. The number of para-hydroxylation sites is 2. The molecule has 0 saturated heterocycles. The van der Waals surface area contributed by atoms with Crippen molar-refractivity contribution in [2.75, 3.05) is 0 Å². The fraction of sp³-hybridized carbons (Fsp3) is 0. The minimum atomic E-state index is 0. The monoisotopic (exact) mass is 615 g/mol. The molecule has 0 spiro atoms. The van der Waals surface area contributed by atoms with E-state index >= 15 is 0 Å². The number of pyridine rings is 2. The van der Waals surface area contributed by atoms with E-state index < -0.39 is 0 Å². The maximum absolute atomic E-state index is 4.63. The summed E-state index contributed by atoms with van der Waals surface area (Å²) in [6.07, 6.45) is 0. The van der Waals surface area contributed by atoms with E-state index in [1.807, 2.05) is 36.4 Å². The van der Waals surface area contributed by atoms with E-state index in [4.69, 9.17) is 0 Å². The van der Waals surface area contributed by atoms with Gasteiger partial charge in [0.05, 0.1) is 32.2 Å². The maximum atomic E-state index is 4.63. The number of rotatable bonds is 2. The molecule has 0 saturated carbocycles. The summed E-state index contributed by atoms with van der Waals surface area (Å²) in [4.78, 5) is 11.7. The largest absolute Gasteiger partial charge is 3.00 e. The van der Waals surface area contributed by atoms with Crippen molar-refractivity contribution in [1.29, 1.82) is 0 Å². The van der Waals surface area contributed by atoms with Crippen molar-refractivity contribution in [2.24, 2.45) is 0 Å². The van der Waals surface area contributed by atoms with E-state index in [0.717, 1.165) is 22.4 Å². The Kier molecular flexibility index (Phi) is 7.00. The summed E-state index contributed by atoms with van der Waals surface area (Å²) >= 11 is 3.44. The normalized spacial score (nSPS) is 10.3. The van der Waals surface area contributed by atoms with Crippen LogP contribution in [-0.2, 0) is 20.1 Å². The van der Waals surface area contributed by atoms with Crippen LogP contribution in [0.1, 0.15) is 0 Å². The molecule has 6 aromatic rings. The molecule has 31 heavy (non-hydrogen) atoms. The third-order valence-corrected chi connectivity index (χ3v) is 6.53. The Morgan fingerprint density at radius 2 is 0.903 bits per heavy atom. The van der Waals surface area contributed by atoms with Gasteiger partial charge in [-0.15, -0.1) is 22.7 Å². The van der Waals surface area contributed by atoms with Crippen LogP contribution < -0.4 is 0 Å². The molecule has 0 fully saturated rings. The molecule has 5 heteroatoms. The van der Waals surface area contributed by atoms with Gasteiger partial charge < -0.3 is 0 Å². The smallest absolute Gasteiger partial charge is 0.247 e. The minimum absolute atomic E-state index is 0. The Morgan fingerprint density at radius 1 is 0.452 bits per heavy atom. The molecule has 0 bridgehead atoms. The van der Waals surface area contributed by atoms with Gasteiger partial charge in [-0.25, -0.2) is 9.97 Å². The quantitative estimate of drug-likeness (QED) is 0.198. The minimum Gasteiger partial charge on any atom is -0.247 e. The average molecular weight is 615 g/mol. The Hall–Kier alpha value is -2.69. The number of hydrogen-bond donors (Lipinski definition) is 0. The van der Waals surface area contributed by atoms with Crippen molar-refractivity contribution >= 4 is 44.5 Å². The second-order valence-corrected chi connectivity index (χ2v) is 8.63. The number of nitrogens with zero attached hydrogens (tertiary/aromatic N) is 2. The second kappa shape index (κ2) is 10.1. The molecule has 4 heterocycles. The molecular formula is C26H18IrN2S2+3. The van der Waals surface area contributed by atoms with E-state index in [1.54, 1.807) is 22.7 Å². The number of thiophene rings is 2. The summed E-state index contributed by atoms with van der Waals surface area (Å²) in [5, 5.41) is 6.54. The Labute approximate surface area is 202 Å². The van der Waals surface area contributed by atoms with E-state index in [9.17, 15) is 0 Å². The van der Waals surface area contributed by atoms with Crippen LogP contribution in [0.3, 0.4) is 0 Å². The number of hydrogen-bond acceptors (Lipinski definition) is 4. The van der Waals surface area contributed by atoms with Crippen molar-refractivity contribution in [3.05, 3.63) is 108 Å². The van der Waals surface area contributed by atoms with E-state index in [0.29, 0.717) is 0 Å². The molecule has 2 aromatic carbocycles. The van der Waals surface area contributed by atoms with Crippen LogP contribution in [0.4, 0.5) is 0 Å². The van der Waals surface area contributed by atoms with Crippen molar-refractivity contribution in [3.8, 4) is 21.1 Å². The van der Waals surface area contributed by atoms with Gasteiger partial charge >= 0.3 is 20.1 Å². The number of benzene rings is 2. The fourth-order valence-corrected chi connectivity index (χ4v) is 4.65. The van der Waals surface area contributed by atoms with Gasteiger partial charge in [0.25, 0.3) is 0 Å². The van der Waals surface area contributed by atoms with Gasteiger partial charge in [0.2, 0.25) is 0 Å². The van der Waals surface area contributed by atoms with Crippen molar-refractivity contribution in [2.45, 2.75) is 0 Å². The summed E-state index contributed by atoms with van der Waals surface area (Å²) < 4.78 is 0. The van der Waals surface area contributed by atoms with Crippen LogP contribution in [0.5, 0.6) is 0 Å². The van der Waals surface area contributed by atoms with Crippen molar-refractivity contribution in [1.82, 2.24) is 9.97 Å². The van der Waals surface area contributed by atoms with Gasteiger partial charge in [0, 0.05) is 10.8 Å². The molecule has 0 radical (unpaired) electrons. The first-order valence-electron chi connectivity index (χ1n) is 9.66. The predicted molar refractivity (Wildman–Crippen MR) is 130 cm³/mol. The molecule has 0 aliphatic heterocycles. The summed E-state index contributed by atoms with van der Waals surface area (Å²) in [7, 11) is 0. The summed E-state index contributed by atoms with van der Waals surface area (Å²) in [6.45, 7) is 0. The van der Waals surface area contributed by atoms with Gasteiger partial charge in [-0.1, -0.05) is 60.7 Å². The van der Waals surface area contributed by atoms with E-state index in [1.165, 1.54) is 20.5 Å². The molecule has 0 unspecified atom stereocenters. The van der Waals surface area contributed by atoms with Gasteiger partial charge in [0.15, 0.2) is 0 Å². The second-order valence-electron chi connectivity index (χ2n) is 6.73. The molecule has 150 valence electrons. The molecule has 0 aliphatic carbocycles. The van der Waals surface area contributed by atoms with Crippen molar-refractivity contribution < 1.29 is 20.1 Å². The van der Waals surface area contributed by atoms with Crippen LogP contribution in [-0.4, -0.2) is 9.97 Å². The van der Waals surface area contributed by atoms with Gasteiger partial charge in [-0.2, -0.15) is 0 Å². The molecule has 0 amide bonds. The first kappa shape index (κ1) is 21.5. The molecule has 0 atom stereocenters. The Morgan fingerprint density at radius 3 is 1.32 bits per heavy atom. The molecule has 0 N–H and O–H groups in total. The molecule has 4 aromatic heterocycles. The Balaban J connectivity index is 0.000000144. The number of fused-ring (bicyclic) bond motifs is 2. The third-order valence-electron chi connectivity index (χ3n) is 4.74. The first-order valence-corrected chi connectivity index (χ1v) is 11.4. The van der Waals surface area contributed by atoms with Crippen molar-refractivity contribution in [3.63, 3.8) is 0 Å². The van der Waals surface area contributed by atoms with Crippen LogP contribution in [0.25, 0.3) is 42.9 Å². The zero-order chi connectivity index (χ0) is 20.2. The van der Waals surface area contributed by atoms with Gasteiger partial charge in [0.1, 0.15) is 0 Å². The standard InChI is InChI=1S/2C13H9NS.Ir/c2*1-2-5-11-10(4-1)7-8-12(14-11)13-6-3-9-15-13;/h2*1-9H;/q;;+3. The fourth-order valence-electron chi connectivity index (χ4n) is 3.26. The van der Waals surface area contributed by atoms with Crippen LogP contribution in [0.15, 0.2) is 108 Å². The Bertz CT molecular complexity index is 1280. The van der Waals surface area contributed by atoms with Crippen LogP contribution in [0, 0.1) is 0 Å². The topological polar surface area (TPSA) is 25.8 Å². The van der Waals surface area contributed by atoms with Crippen LogP contribution in [0.2, 0.25) is 0 Å². The first-order chi connectivity index (χ1) is 14.9. The van der Waals surface area contributed by atoms with E-state index in [2.05, 4.69) is 81.4 Å². The summed E-state index contributed by atoms with van der Waals surface area (Å²) in [5.74, 6) is 0. The SMILES string of the molecule is [Ir+3].c1csc(-c2ccc3ccccc3n2)c1.c1csc(-c2ccc3ccccc3n2)c1. The maximum Gasteiger partial charge on any atom is 3.00 e. The van der Waals surface area contributed by atoms with Crippen LogP contribution >= 0.6 is 22.7 Å². The third kappa shape index (κ3) is 4.97.